The van der Waals surface area contributed by atoms with Crippen molar-refractivity contribution in [1.29, 1.82) is 0 Å². The summed E-state index contributed by atoms with van der Waals surface area (Å²) in [5.74, 6) is 0. The molecule has 16 heavy (non-hydrogen) atoms. The molecule has 1 N–H and O–H groups in total. The van der Waals surface area contributed by atoms with Crippen LogP contribution in [0.5, 0.6) is 0 Å². The van der Waals surface area contributed by atoms with Gasteiger partial charge in [0.05, 0.1) is 5.71 Å². The molecule has 78 valence electrons. The van der Waals surface area contributed by atoms with E-state index in [2.05, 4.69) is 34.7 Å². The Kier molecular flexibility index (Phi) is 3.39. The predicted octanol–water partition coefficient (Wildman–Crippen LogP) is 1.58. The molecule has 0 fully saturated rings. The van der Waals surface area contributed by atoms with Gasteiger partial charge in [-0.1, -0.05) is 60.7 Å². The summed E-state index contributed by atoms with van der Waals surface area (Å²) in [7, 11) is 1.81. The van der Waals surface area contributed by atoms with Crippen molar-refractivity contribution < 1.29 is 0 Å². The molecule has 0 amide bonds. The Balaban J connectivity index is 2.44. The molecule has 2 aromatic carbocycles. The van der Waals surface area contributed by atoms with Crippen LogP contribution in [-0.2, 0) is 0 Å². The van der Waals surface area contributed by atoms with Crippen molar-refractivity contribution in [3.8, 4) is 0 Å². The Bertz CT molecular complexity index is 424. The van der Waals surface area contributed by atoms with Crippen LogP contribution in [0.4, 0.5) is 0 Å². The molecule has 0 bridgehead atoms. The van der Waals surface area contributed by atoms with Crippen molar-refractivity contribution in [3.63, 3.8) is 0 Å². The molecule has 0 saturated heterocycles. The van der Waals surface area contributed by atoms with Gasteiger partial charge < -0.3 is 5.34 Å². The van der Waals surface area contributed by atoms with Crippen molar-refractivity contribution in [2.45, 2.75) is 0 Å². The predicted molar refractivity (Wildman–Crippen MR) is 70.2 cm³/mol. The first-order valence-corrected chi connectivity index (χ1v) is 5.27. The van der Waals surface area contributed by atoms with Crippen molar-refractivity contribution in [1.82, 2.24) is 5.34 Å². The first kappa shape index (κ1) is 10.5. The molecule has 0 atom stereocenters. The zero-order valence-electron chi connectivity index (χ0n) is 9.22. The summed E-state index contributed by atoms with van der Waals surface area (Å²) in [5, 5.41) is 7.18. The third-order valence-electron chi connectivity index (χ3n) is 2.32. The van der Waals surface area contributed by atoms with Crippen molar-refractivity contribution in [2.24, 2.45) is 5.10 Å². The third-order valence-corrected chi connectivity index (χ3v) is 2.32. The second kappa shape index (κ2) is 5.17. The SMILES string of the molecule is BNN=C(c1ccccc1)c1ccccc1. The van der Waals surface area contributed by atoms with Crippen LogP contribution in [0.3, 0.4) is 0 Å². The lowest BCUT2D eigenvalue weighted by molar-refractivity contribution is 1.09. The highest BCUT2D eigenvalue weighted by atomic mass is 15.2. The van der Waals surface area contributed by atoms with Crippen LogP contribution in [0.2, 0.25) is 0 Å². The smallest absolute Gasteiger partial charge is 0.237 e. The van der Waals surface area contributed by atoms with Gasteiger partial charge in [-0.2, -0.15) is 5.10 Å². The molecule has 2 rings (SSSR count). The van der Waals surface area contributed by atoms with Gasteiger partial charge >= 0.3 is 0 Å². The molecule has 0 saturated carbocycles. The van der Waals surface area contributed by atoms with E-state index in [0.717, 1.165) is 16.8 Å². The summed E-state index contributed by atoms with van der Waals surface area (Å²) < 4.78 is 0. The fourth-order valence-corrected chi connectivity index (χ4v) is 1.60. The van der Waals surface area contributed by atoms with E-state index in [4.69, 9.17) is 0 Å². The molecule has 0 aromatic heterocycles. The van der Waals surface area contributed by atoms with E-state index < -0.39 is 0 Å². The lowest BCUT2D eigenvalue weighted by Gasteiger charge is -2.06. The second-order valence-corrected chi connectivity index (χ2v) is 3.42. The summed E-state index contributed by atoms with van der Waals surface area (Å²) in [6.07, 6.45) is 0. The Morgan fingerprint density at radius 1 is 0.812 bits per heavy atom. The van der Waals surface area contributed by atoms with Gasteiger partial charge in [-0.3, -0.25) is 0 Å². The van der Waals surface area contributed by atoms with E-state index in [9.17, 15) is 0 Å². The average molecular weight is 208 g/mol. The average Bonchev–Trinajstić information content (AvgIpc) is 2.38. The highest BCUT2D eigenvalue weighted by Gasteiger charge is 2.04. The Morgan fingerprint density at radius 3 is 1.62 bits per heavy atom. The molecule has 0 heterocycles. The van der Waals surface area contributed by atoms with Crippen LogP contribution in [0.15, 0.2) is 65.8 Å². The van der Waals surface area contributed by atoms with Crippen LogP contribution in [0, 0.1) is 0 Å². The molecule has 2 aromatic rings. The summed E-state index contributed by atoms with van der Waals surface area (Å²) in [5.41, 5.74) is 3.19. The number of benzene rings is 2. The Hall–Kier alpha value is -2.03. The molecule has 0 radical (unpaired) electrons. The quantitative estimate of drug-likeness (QED) is 0.462. The largest absolute Gasteiger partial charge is 0.361 e. The van der Waals surface area contributed by atoms with Gasteiger partial charge in [-0.15, -0.1) is 0 Å². The highest BCUT2D eigenvalue weighted by molar-refractivity contribution is 6.14. The number of nitrogens with zero attached hydrogens (tertiary/aromatic N) is 1. The van der Waals surface area contributed by atoms with Crippen LogP contribution in [0.25, 0.3) is 0 Å². The first-order valence-electron chi connectivity index (χ1n) is 5.27. The molecule has 2 nitrogen and oxygen atoms in total. The van der Waals surface area contributed by atoms with Gasteiger partial charge in [0.1, 0.15) is 0 Å². The normalized spacial score (nSPS) is 9.50. The minimum Gasteiger partial charge on any atom is -0.361 e. The Morgan fingerprint density at radius 2 is 1.25 bits per heavy atom. The summed E-state index contributed by atoms with van der Waals surface area (Å²) in [6, 6.07) is 20.3. The molecular weight excluding hydrogens is 195 g/mol. The molecule has 0 unspecified atom stereocenters. The van der Waals surface area contributed by atoms with E-state index in [-0.39, 0.29) is 0 Å². The van der Waals surface area contributed by atoms with Crippen molar-refractivity contribution in [3.05, 3.63) is 71.8 Å². The lowest BCUT2D eigenvalue weighted by Crippen LogP contribution is -2.09. The van der Waals surface area contributed by atoms with Crippen LogP contribution in [-0.4, -0.2) is 13.7 Å². The zero-order chi connectivity index (χ0) is 11.2. The second-order valence-electron chi connectivity index (χ2n) is 3.42. The first-order chi connectivity index (χ1) is 7.92. The fourth-order valence-electron chi connectivity index (χ4n) is 1.60. The molecule has 0 spiro atoms. The lowest BCUT2D eigenvalue weighted by atomic mass is 10.0. The number of hydrazone groups is 1. The van der Waals surface area contributed by atoms with Gasteiger partial charge in [0, 0.05) is 11.1 Å². The maximum atomic E-state index is 4.33. The maximum absolute atomic E-state index is 4.33. The molecular formula is C13H13BN2. The van der Waals surface area contributed by atoms with E-state index in [1.165, 1.54) is 0 Å². The highest BCUT2D eigenvalue weighted by Crippen LogP contribution is 2.09. The van der Waals surface area contributed by atoms with Crippen LogP contribution >= 0.6 is 0 Å². The van der Waals surface area contributed by atoms with E-state index in [0.29, 0.717) is 0 Å². The topological polar surface area (TPSA) is 24.4 Å². The van der Waals surface area contributed by atoms with Gasteiger partial charge in [-0.25, -0.2) is 0 Å². The maximum Gasteiger partial charge on any atom is 0.237 e. The molecule has 3 heteroatoms. The minimum absolute atomic E-state index is 0.962. The summed E-state index contributed by atoms with van der Waals surface area (Å²) in [6.45, 7) is 0. The van der Waals surface area contributed by atoms with E-state index in [1.807, 2.05) is 44.4 Å². The molecule has 0 aliphatic heterocycles. The zero-order valence-corrected chi connectivity index (χ0v) is 9.22. The monoisotopic (exact) mass is 208 g/mol. The standard InChI is InChI=1S/C13H13BN2/c14-16-15-13(11-7-3-1-4-8-11)12-9-5-2-6-10-12/h1-10,16H,14H2. The van der Waals surface area contributed by atoms with E-state index in [1.54, 1.807) is 0 Å². The number of hydrogen-bond acceptors (Lipinski definition) is 2. The van der Waals surface area contributed by atoms with Gasteiger partial charge in [0.15, 0.2) is 0 Å². The number of rotatable bonds is 3. The fraction of sp³-hybridized carbons (Fsp3) is 0. The van der Waals surface area contributed by atoms with Crippen LogP contribution in [0.1, 0.15) is 11.1 Å². The molecule has 0 aliphatic carbocycles. The van der Waals surface area contributed by atoms with Gasteiger partial charge in [-0.05, 0) is 0 Å². The van der Waals surface area contributed by atoms with Crippen LogP contribution < -0.4 is 5.34 Å². The number of nitrogens with one attached hydrogen (secondary N) is 1. The third kappa shape index (κ3) is 2.31. The summed E-state index contributed by atoms with van der Waals surface area (Å²) >= 11 is 0. The van der Waals surface area contributed by atoms with Gasteiger partial charge in [0.2, 0.25) is 7.98 Å². The Labute approximate surface area is 96.4 Å². The number of hydrogen-bond donors (Lipinski definition) is 1. The van der Waals surface area contributed by atoms with Crippen molar-refractivity contribution >= 4 is 13.7 Å². The van der Waals surface area contributed by atoms with Crippen molar-refractivity contribution in [2.75, 3.05) is 0 Å². The van der Waals surface area contributed by atoms with Gasteiger partial charge in [0.25, 0.3) is 0 Å². The summed E-state index contributed by atoms with van der Waals surface area (Å²) in [4.78, 5) is 0. The van der Waals surface area contributed by atoms with E-state index >= 15 is 0 Å². The molecule has 0 aliphatic rings. The minimum atomic E-state index is 0.962.